The van der Waals surface area contributed by atoms with Crippen LogP contribution in [0.15, 0.2) is 11.1 Å². The van der Waals surface area contributed by atoms with E-state index in [-0.39, 0.29) is 24.4 Å². The molecule has 4 atom stereocenters. The van der Waals surface area contributed by atoms with Crippen molar-refractivity contribution in [3.63, 3.8) is 0 Å². The molecule has 5 heteroatoms. The smallest absolute Gasteiger partial charge is 0.338 e. The van der Waals surface area contributed by atoms with Crippen LogP contribution in [0.1, 0.15) is 39.0 Å². The normalized spacial score (nSPS) is 46.0. The van der Waals surface area contributed by atoms with Crippen LogP contribution in [-0.2, 0) is 9.53 Å². The minimum absolute atomic E-state index is 0.0314. The highest BCUT2D eigenvalue weighted by atomic mass is 16.5. The Labute approximate surface area is 118 Å². The topological polar surface area (TPSA) is 87.0 Å². The third-order valence-electron chi connectivity index (χ3n) is 5.72. The predicted molar refractivity (Wildman–Crippen MR) is 71.1 cm³/mol. The summed E-state index contributed by atoms with van der Waals surface area (Å²) in [5.41, 5.74) is 0.463. The maximum atomic E-state index is 11.4. The molecule has 0 aromatic rings. The lowest BCUT2D eigenvalue weighted by molar-refractivity contribution is -0.174. The van der Waals surface area contributed by atoms with Crippen molar-refractivity contribution in [2.24, 2.45) is 11.3 Å². The molecular formula is C15H22O5. The summed E-state index contributed by atoms with van der Waals surface area (Å²) in [6.45, 7) is 2.52. The van der Waals surface area contributed by atoms with Crippen LogP contribution in [0.5, 0.6) is 0 Å². The minimum Gasteiger partial charge on any atom is -0.479 e. The molecule has 0 amide bonds. The molecule has 3 N–H and O–H groups in total. The van der Waals surface area contributed by atoms with Gasteiger partial charge in [-0.2, -0.15) is 0 Å². The number of carbonyl (C=O) groups is 1. The van der Waals surface area contributed by atoms with Crippen molar-refractivity contribution in [3.8, 4) is 0 Å². The van der Waals surface area contributed by atoms with Crippen LogP contribution in [0.25, 0.3) is 0 Å². The van der Waals surface area contributed by atoms with Crippen molar-refractivity contribution in [1.82, 2.24) is 0 Å². The summed E-state index contributed by atoms with van der Waals surface area (Å²) in [5, 5.41) is 29.2. The Bertz CT molecular complexity index is 471. The Morgan fingerprint density at radius 3 is 2.85 bits per heavy atom. The molecule has 112 valence electrons. The Morgan fingerprint density at radius 2 is 2.20 bits per heavy atom. The molecule has 3 aliphatic rings. The lowest BCUT2D eigenvalue weighted by Gasteiger charge is -2.31. The first-order valence-corrected chi connectivity index (χ1v) is 7.30. The number of aliphatic hydroxyl groups excluding tert-OH is 1. The maximum absolute atomic E-state index is 11.4. The molecule has 0 unspecified atom stereocenters. The zero-order chi connectivity index (χ0) is 14.5. The van der Waals surface area contributed by atoms with E-state index in [9.17, 15) is 20.1 Å². The minimum atomic E-state index is -1.76. The first-order chi connectivity index (χ1) is 9.43. The first kappa shape index (κ1) is 14.0. The predicted octanol–water partition coefficient (Wildman–Crippen LogP) is 1.09. The lowest BCUT2D eigenvalue weighted by Crippen LogP contribution is -2.49. The third-order valence-corrected chi connectivity index (χ3v) is 5.72. The zero-order valence-electron chi connectivity index (χ0n) is 11.8. The van der Waals surface area contributed by atoms with Gasteiger partial charge in [0.05, 0.1) is 19.3 Å². The number of carboxylic acid groups (broad SMARTS) is 1. The molecule has 1 heterocycles. The van der Waals surface area contributed by atoms with Crippen LogP contribution < -0.4 is 0 Å². The maximum Gasteiger partial charge on any atom is 0.338 e. The molecule has 0 aromatic heterocycles. The molecule has 0 aromatic carbocycles. The number of hydrogen-bond donors (Lipinski definition) is 3. The zero-order valence-corrected chi connectivity index (χ0v) is 11.8. The van der Waals surface area contributed by atoms with E-state index in [0.29, 0.717) is 19.4 Å². The molecule has 0 radical (unpaired) electrons. The number of ether oxygens (including phenoxy) is 1. The van der Waals surface area contributed by atoms with E-state index in [1.807, 2.05) is 6.92 Å². The molecule has 1 saturated heterocycles. The van der Waals surface area contributed by atoms with Crippen LogP contribution in [0.3, 0.4) is 0 Å². The monoisotopic (exact) mass is 282 g/mol. The van der Waals surface area contributed by atoms with Crippen LogP contribution in [-0.4, -0.2) is 46.2 Å². The SMILES string of the molecule is C/C(CO)=C1/CC[C@@]23CO[C@@H](C2)[C@](O)(C(=O)O)CC[C@@H]13. The number of hydrogen-bond acceptors (Lipinski definition) is 4. The third kappa shape index (κ3) is 1.76. The molecular weight excluding hydrogens is 260 g/mol. The van der Waals surface area contributed by atoms with Gasteiger partial charge in [-0.1, -0.05) is 5.57 Å². The number of allylic oxidation sites excluding steroid dienone is 1. The number of carboxylic acids is 1. The summed E-state index contributed by atoms with van der Waals surface area (Å²) in [6, 6.07) is 0. The van der Waals surface area contributed by atoms with Crippen molar-refractivity contribution >= 4 is 5.97 Å². The van der Waals surface area contributed by atoms with Crippen molar-refractivity contribution in [2.45, 2.75) is 50.7 Å². The molecule has 2 bridgehead atoms. The number of aliphatic carboxylic acids is 1. The number of aliphatic hydroxyl groups is 2. The van der Waals surface area contributed by atoms with Gasteiger partial charge < -0.3 is 20.1 Å². The average Bonchev–Trinajstić information content (AvgIpc) is 2.97. The summed E-state index contributed by atoms with van der Waals surface area (Å²) >= 11 is 0. The van der Waals surface area contributed by atoms with Crippen LogP contribution in [0, 0.1) is 11.3 Å². The summed E-state index contributed by atoms with van der Waals surface area (Å²) in [7, 11) is 0. The highest BCUT2D eigenvalue weighted by Gasteiger charge is 2.60. The van der Waals surface area contributed by atoms with Gasteiger partial charge >= 0.3 is 5.97 Å². The van der Waals surface area contributed by atoms with Crippen LogP contribution in [0.2, 0.25) is 0 Å². The number of rotatable bonds is 2. The van der Waals surface area contributed by atoms with E-state index in [2.05, 4.69) is 0 Å². The van der Waals surface area contributed by atoms with Crippen molar-refractivity contribution in [1.29, 1.82) is 0 Å². The van der Waals surface area contributed by atoms with Crippen LogP contribution >= 0.6 is 0 Å². The van der Waals surface area contributed by atoms with Gasteiger partial charge in [-0.3, -0.25) is 0 Å². The van der Waals surface area contributed by atoms with Crippen LogP contribution in [0.4, 0.5) is 0 Å². The van der Waals surface area contributed by atoms with E-state index >= 15 is 0 Å². The van der Waals surface area contributed by atoms with Gasteiger partial charge in [-0.25, -0.2) is 4.79 Å². The fraction of sp³-hybridized carbons (Fsp3) is 0.800. The summed E-state index contributed by atoms with van der Waals surface area (Å²) in [6.07, 6.45) is 2.83. The van der Waals surface area contributed by atoms with Gasteiger partial charge in [0.1, 0.15) is 0 Å². The second-order valence-electron chi connectivity index (χ2n) is 6.65. The van der Waals surface area contributed by atoms with Gasteiger partial charge in [0.15, 0.2) is 5.60 Å². The molecule has 3 rings (SSSR count). The highest BCUT2D eigenvalue weighted by molar-refractivity contribution is 5.78. The molecule has 1 aliphatic heterocycles. The molecule has 2 aliphatic carbocycles. The second-order valence-corrected chi connectivity index (χ2v) is 6.65. The van der Waals surface area contributed by atoms with Gasteiger partial charge in [0, 0.05) is 5.41 Å². The van der Waals surface area contributed by atoms with E-state index in [4.69, 9.17) is 4.74 Å². The molecule has 1 spiro atoms. The quantitative estimate of drug-likeness (QED) is 0.660. The van der Waals surface area contributed by atoms with Crippen molar-refractivity contribution in [2.75, 3.05) is 13.2 Å². The van der Waals surface area contributed by atoms with Gasteiger partial charge in [-0.15, -0.1) is 0 Å². The highest BCUT2D eigenvalue weighted by Crippen LogP contribution is 2.59. The van der Waals surface area contributed by atoms with E-state index in [0.717, 1.165) is 18.4 Å². The molecule has 2 saturated carbocycles. The fourth-order valence-electron chi connectivity index (χ4n) is 4.44. The average molecular weight is 282 g/mol. The largest absolute Gasteiger partial charge is 0.479 e. The molecule has 20 heavy (non-hydrogen) atoms. The summed E-state index contributed by atoms with van der Waals surface area (Å²) in [4.78, 5) is 11.4. The van der Waals surface area contributed by atoms with E-state index in [1.165, 1.54) is 5.57 Å². The number of fused-ring (bicyclic) bond motifs is 1. The summed E-state index contributed by atoms with van der Waals surface area (Å²) < 4.78 is 5.68. The van der Waals surface area contributed by atoms with Gasteiger partial charge in [0.25, 0.3) is 0 Å². The van der Waals surface area contributed by atoms with Crippen molar-refractivity contribution < 1.29 is 24.9 Å². The summed E-state index contributed by atoms with van der Waals surface area (Å²) in [5.74, 6) is -0.933. The Balaban J connectivity index is 1.98. The first-order valence-electron chi connectivity index (χ1n) is 7.30. The molecule has 5 nitrogen and oxygen atoms in total. The van der Waals surface area contributed by atoms with Gasteiger partial charge in [0.2, 0.25) is 0 Å². The Hall–Kier alpha value is -0.910. The Kier molecular flexibility index (Phi) is 3.19. The lowest BCUT2D eigenvalue weighted by atomic mass is 9.74. The van der Waals surface area contributed by atoms with Gasteiger partial charge in [-0.05, 0) is 50.5 Å². The fourth-order valence-corrected chi connectivity index (χ4v) is 4.44. The molecule has 3 fully saturated rings. The van der Waals surface area contributed by atoms with E-state index < -0.39 is 17.7 Å². The van der Waals surface area contributed by atoms with Crippen molar-refractivity contribution in [3.05, 3.63) is 11.1 Å². The second kappa shape index (κ2) is 4.55. The Morgan fingerprint density at radius 1 is 1.45 bits per heavy atom. The standard InChI is InChI=1S/C15H22O5/c1-9(7-16)10-2-4-14-6-12(20-8-14)15(19,13(17)18)5-3-11(10)14/h11-12,16,19H,2-8H2,1H3,(H,17,18)/b10-9+/t11-,12-,14-,15-/m0/s1. The van der Waals surface area contributed by atoms with E-state index in [1.54, 1.807) is 0 Å².